The van der Waals surface area contributed by atoms with Gasteiger partial charge in [0.05, 0.1) is 25.7 Å². The fourth-order valence-electron chi connectivity index (χ4n) is 3.37. The van der Waals surface area contributed by atoms with Gasteiger partial charge in [-0.05, 0) is 60.2 Å². The molecule has 4 rings (SSSR count). The zero-order valence-corrected chi connectivity index (χ0v) is 20.2. The molecule has 2 aromatic carbocycles. The van der Waals surface area contributed by atoms with E-state index < -0.39 is 5.97 Å². The Hall–Kier alpha value is -3.98. The standard InChI is InChI=1S/C26H23NO7S/c1-16-4-6-17(7-5-16)14-27-24(28)23(35-26(27)30)13-18-8-10-20(22(12-18)31-2)33-15-19-9-11-21(34-19)25(29)32-3/h4-13H,14-15H2,1-3H3/b23-13+. The second-order valence-electron chi connectivity index (χ2n) is 7.71. The van der Waals surface area contributed by atoms with Gasteiger partial charge in [-0.1, -0.05) is 35.9 Å². The number of thioether (sulfide) groups is 1. The largest absolute Gasteiger partial charge is 0.493 e. The number of benzene rings is 2. The van der Waals surface area contributed by atoms with E-state index in [1.807, 2.05) is 31.2 Å². The fraction of sp³-hybridized carbons (Fsp3) is 0.192. The van der Waals surface area contributed by atoms with Crippen LogP contribution in [0.25, 0.3) is 6.08 Å². The maximum absolute atomic E-state index is 12.9. The molecule has 2 heterocycles. The number of imide groups is 1. The number of carbonyl (C=O) groups excluding carboxylic acids is 3. The third kappa shape index (κ3) is 5.58. The van der Waals surface area contributed by atoms with Gasteiger partial charge in [-0.3, -0.25) is 14.5 Å². The van der Waals surface area contributed by atoms with Gasteiger partial charge in [0.1, 0.15) is 12.4 Å². The number of ether oxygens (including phenoxy) is 3. The molecule has 1 fully saturated rings. The van der Waals surface area contributed by atoms with Crippen molar-refractivity contribution in [3.63, 3.8) is 0 Å². The number of amides is 2. The van der Waals surface area contributed by atoms with E-state index in [0.29, 0.717) is 27.7 Å². The summed E-state index contributed by atoms with van der Waals surface area (Å²) in [5.74, 6) is 0.523. The van der Waals surface area contributed by atoms with Gasteiger partial charge in [0.2, 0.25) is 5.76 Å². The summed E-state index contributed by atoms with van der Waals surface area (Å²) >= 11 is 0.907. The molecule has 1 saturated heterocycles. The number of hydrogen-bond acceptors (Lipinski definition) is 8. The fourth-order valence-corrected chi connectivity index (χ4v) is 4.21. The van der Waals surface area contributed by atoms with Crippen LogP contribution in [0.1, 0.15) is 33.0 Å². The van der Waals surface area contributed by atoms with E-state index in [0.717, 1.165) is 22.9 Å². The van der Waals surface area contributed by atoms with E-state index in [2.05, 4.69) is 4.74 Å². The summed E-state index contributed by atoms with van der Waals surface area (Å²) in [5.41, 5.74) is 2.68. The lowest BCUT2D eigenvalue weighted by Crippen LogP contribution is -2.27. The first-order valence-corrected chi connectivity index (χ1v) is 11.5. The van der Waals surface area contributed by atoms with Gasteiger partial charge in [-0.25, -0.2) is 4.79 Å². The third-order valence-electron chi connectivity index (χ3n) is 5.24. The van der Waals surface area contributed by atoms with Gasteiger partial charge in [0, 0.05) is 0 Å². The number of rotatable bonds is 8. The SMILES string of the molecule is COC(=O)c1ccc(COc2ccc(/C=C3/SC(=O)N(Cc4ccc(C)cc4)C3=O)cc2OC)o1. The van der Waals surface area contributed by atoms with Crippen molar-refractivity contribution in [2.24, 2.45) is 0 Å². The molecule has 1 aliphatic rings. The van der Waals surface area contributed by atoms with Crippen LogP contribution < -0.4 is 9.47 Å². The van der Waals surface area contributed by atoms with Gasteiger partial charge >= 0.3 is 5.97 Å². The van der Waals surface area contributed by atoms with E-state index in [1.165, 1.54) is 25.2 Å². The highest BCUT2D eigenvalue weighted by atomic mass is 32.2. The lowest BCUT2D eigenvalue weighted by Gasteiger charge is -2.12. The average molecular weight is 494 g/mol. The summed E-state index contributed by atoms with van der Waals surface area (Å²) in [4.78, 5) is 38.4. The van der Waals surface area contributed by atoms with Gasteiger partial charge in [0.25, 0.3) is 11.1 Å². The van der Waals surface area contributed by atoms with Crippen LogP contribution in [0.15, 0.2) is 63.9 Å². The van der Waals surface area contributed by atoms with Crippen molar-refractivity contribution in [3.8, 4) is 11.5 Å². The highest BCUT2D eigenvalue weighted by Gasteiger charge is 2.35. The molecule has 0 saturated carbocycles. The zero-order chi connectivity index (χ0) is 24.9. The molecule has 1 aromatic heterocycles. The minimum absolute atomic E-state index is 0.0740. The van der Waals surface area contributed by atoms with Crippen molar-refractivity contribution in [3.05, 3.63) is 87.7 Å². The molecule has 180 valence electrons. The van der Waals surface area contributed by atoms with Crippen LogP contribution in [0.4, 0.5) is 4.79 Å². The van der Waals surface area contributed by atoms with Crippen LogP contribution in [0.5, 0.6) is 11.5 Å². The van der Waals surface area contributed by atoms with Crippen molar-refractivity contribution in [2.45, 2.75) is 20.1 Å². The molecule has 0 N–H and O–H groups in total. The van der Waals surface area contributed by atoms with Gasteiger partial charge in [-0.2, -0.15) is 0 Å². The van der Waals surface area contributed by atoms with Gasteiger partial charge < -0.3 is 18.6 Å². The molecule has 9 heteroatoms. The first-order chi connectivity index (χ1) is 16.9. The Bertz CT molecular complexity index is 1290. The highest BCUT2D eigenvalue weighted by molar-refractivity contribution is 8.18. The second kappa shape index (κ2) is 10.5. The maximum Gasteiger partial charge on any atom is 0.373 e. The van der Waals surface area contributed by atoms with E-state index in [1.54, 1.807) is 30.3 Å². The molecular weight excluding hydrogens is 470 g/mol. The maximum atomic E-state index is 12.9. The molecule has 0 aliphatic carbocycles. The van der Waals surface area contributed by atoms with Gasteiger partial charge in [-0.15, -0.1) is 0 Å². The molecular formula is C26H23NO7S. The molecule has 0 spiro atoms. The van der Waals surface area contributed by atoms with Crippen molar-refractivity contribution in [1.82, 2.24) is 4.90 Å². The van der Waals surface area contributed by atoms with Crippen molar-refractivity contribution in [1.29, 1.82) is 0 Å². The lowest BCUT2D eigenvalue weighted by molar-refractivity contribution is -0.123. The molecule has 3 aromatic rings. The predicted octanol–water partition coefficient (Wildman–Crippen LogP) is 5.20. The van der Waals surface area contributed by atoms with Gasteiger partial charge in [0.15, 0.2) is 11.5 Å². The molecule has 35 heavy (non-hydrogen) atoms. The number of hydrogen-bond donors (Lipinski definition) is 0. The van der Waals surface area contributed by atoms with E-state index in [9.17, 15) is 14.4 Å². The van der Waals surface area contributed by atoms with E-state index in [4.69, 9.17) is 13.9 Å². The van der Waals surface area contributed by atoms with Crippen molar-refractivity contribution in [2.75, 3.05) is 14.2 Å². The van der Waals surface area contributed by atoms with Crippen LogP contribution in [0.3, 0.4) is 0 Å². The zero-order valence-electron chi connectivity index (χ0n) is 19.4. The summed E-state index contributed by atoms with van der Waals surface area (Å²) < 4.78 is 21.2. The number of aryl methyl sites for hydroxylation is 1. The Morgan fingerprint density at radius 3 is 2.51 bits per heavy atom. The smallest absolute Gasteiger partial charge is 0.373 e. The lowest BCUT2D eigenvalue weighted by atomic mass is 10.1. The van der Waals surface area contributed by atoms with E-state index >= 15 is 0 Å². The third-order valence-corrected chi connectivity index (χ3v) is 6.15. The second-order valence-corrected chi connectivity index (χ2v) is 8.70. The number of esters is 1. The van der Waals surface area contributed by atoms with Crippen LogP contribution in [0.2, 0.25) is 0 Å². The first-order valence-electron chi connectivity index (χ1n) is 10.7. The topological polar surface area (TPSA) is 95.3 Å². The van der Waals surface area contributed by atoms with Crippen molar-refractivity contribution >= 4 is 35.0 Å². The minimum Gasteiger partial charge on any atom is -0.493 e. The predicted molar refractivity (Wildman–Crippen MR) is 130 cm³/mol. The molecule has 0 unspecified atom stereocenters. The molecule has 0 atom stereocenters. The Labute approximate surface area is 206 Å². The summed E-state index contributed by atoms with van der Waals surface area (Å²) in [6.07, 6.45) is 1.65. The van der Waals surface area contributed by atoms with Crippen LogP contribution >= 0.6 is 11.8 Å². The number of nitrogens with zero attached hydrogens (tertiary/aromatic N) is 1. The van der Waals surface area contributed by atoms with E-state index in [-0.39, 0.29) is 30.1 Å². The molecule has 1 aliphatic heterocycles. The molecule has 0 bridgehead atoms. The number of furan rings is 1. The van der Waals surface area contributed by atoms with Crippen LogP contribution in [-0.4, -0.2) is 36.2 Å². The normalized spacial score (nSPS) is 14.5. The minimum atomic E-state index is -0.568. The monoisotopic (exact) mass is 493 g/mol. The summed E-state index contributed by atoms with van der Waals surface area (Å²) in [6, 6.07) is 16.0. The van der Waals surface area contributed by atoms with Crippen LogP contribution in [-0.2, 0) is 22.7 Å². The van der Waals surface area contributed by atoms with Crippen molar-refractivity contribution < 1.29 is 33.0 Å². The molecule has 8 nitrogen and oxygen atoms in total. The Morgan fingerprint density at radius 1 is 1.03 bits per heavy atom. The summed E-state index contributed by atoms with van der Waals surface area (Å²) in [7, 11) is 2.78. The first kappa shape index (κ1) is 24.2. The highest BCUT2D eigenvalue weighted by Crippen LogP contribution is 2.35. The molecule has 2 amide bonds. The number of methoxy groups -OCH3 is 2. The number of carbonyl (C=O) groups is 3. The van der Waals surface area contributed by atoms with Crippen LogP contribution in [0, 0.1) is 6.92 Å². The Kier molecular flexibility index (Phi) is 7.26. The summed E-state index contributed by atoms with van der Waals surface area (Å²) in [5, 5.41) is -0.307. The molecule has 0 radical (unpaired) electrons. The Morgan fingerprint density at radius 2 is 1.80 bits per heavy atom. The summed E-state index contributed by atoms with van der Waals surface area (Å²) in [6.45, 7) is 2.28. The quantitative estimate of drug-likeness (QED) is 0.312. The average Bonchev–Trinajstić information content (AvgIpc) is 3.44. The Balaban J connectivity index is 1.45.